The summed E-state index contributed by atoms with van der Waals surface area (Å²) in [6, 6.07) is 16.4. The van der Waals surface area contributed by atoms with Crippen LogP contribution in [0.4, 0.5) is 4.39 Å². The molecule has 21 heavy (non-hydrogen) atoms. The fraction of sp³-hybridized carbons (Fsp3) is 0.118. The van der Waals surface area contributed by atoms with Crippen LogP contribution in [0.25, 0.3) is 5.57 Å². The van der Waals surface area contributed by atoms with E-state index in [2.05, 4.69) is 0 Å². The molecule has 0 amide bonds. The maximum absolute atomic E-state index is 13.3. The smallest absolute Gasteiger partial charge is 0.365 e. The van der Waals surface area contributed by atoms with Crippen LogP contribution in [0.1, 0.15) is 18.1 Å². The zero-order valence-corrected chi connectivity index (χ0v) is 11.5. The van der Waals surface area contributed by atoms with Gasteiger partial charge in [-0.1, -0.05) is 42.5 Å². The Bertz CT molecular complexity index is 645. The predicted octanol–water partition coefficient (Wildman–Crippen LogP) is 4.05. The van der Waals surface area contributed by atoms with E-state index >= 15 is 0 Å². The van der Waals surface area contributed by atoms with Gasteiger partial charge in [0.2, 0.25) is 5.83 Å². The number of carboxylic acid groups (broad SMARTS) is 1. The first-order valence-electron chi connectivity index (χ1n) is 6.45. The Kier molecular flexibility index (Phi) is 4.72. The SMILES string of the molecule is CC(=C(F)C(=O)O)c1ccc(OCc2ccccc2)cc1. The molecule has 4 heteroatoms. The molecule has 2 aromatic carbocycles. The highest BCUT2D eigenvalue weighted by atomic mass is 19.1. The highest BCUT2D eigenvalue weighted by Gasteiger charge is 2.11. The molecule has 3 nitrogen and oxygen atoms in total. The lowest BCUT2D eigenvalue weighted by molar-refractivity contribution is -0.134. The van der Waals surface area contributed by atoms with Gasteiger partial charge < -0.3 is 9.84 Å². The van der Waals surface area contributed by atoms with Gasteiger partial charge in [0.05, 0.1) is 0 Å². The minimum absolute atomic E-state index is 0.0945. The molecule has 0 aromatic heterocycles. The molecule has 0 fully saturated rings. The molecule has 0 unspecified atom stereocenters. The molecule has 0 bridgehead atoms. The fourth-order valence-corrected chi connectivity index (χ4v) is 1.83. The summed E-state index contributed by atoms with van der Waals surface area (Å²) in [7, 11) is 0. The van der Waals surface area contributed by atoms with Crippen molar-refractivity contribution in [3.05, 3.63) is 71.6 Å². The minimum atomic E-state index is -1.56. The zero-order valence-electron chi connectivity index (χ0n) is 11.5. The molecule has 0 aliphatic heterocycles. The largest absolute Gasteiger partial charge is 0.489 e. The third-order valence-electron chi connectivity index (χ3n) is 3.05. The van der Waals surface area contributed by atoms with Crippen LogP contribution in [0.2, 0.25) is 0 Å². The van der Waals surface area contributed by atoms with Gasteiger partial charge in [0.25, 0.3) is 0 Å². The minimum Gasteiger partial charge on any atom is -0.489 e. The molecule has 0 aliphatic carbocycles. The van der Waals surface area contributed by atoms with Gasteiger partial charge in [-0.05, 0) is 35.8 Å². The third-order valence-corrected chi connectivity index (χ3v) is 3.05. The number of halogens is 1. The second kappa shape index (κ2) is 6.70. The average Bonchev–Trinajstić information content (AvgIpc) is 2.53. The van der Waals surface area contributed by atoms with Crippen molar-refractivity contribution >= 4 is 11.5 Å². The monoisotopic (exact) mass is 286 g/mol. The summed E-state index contributed by atoms with van der Waals surface area (Å²) in [6.07, 6.45) is 0. The van der Waals surface area contributed by atoms with E-state index in [9.17, 15) is 9.18 Å². The van der Waals surface area contributed by atoms with Crippen molar-refractivity contribution in [2.45, 2.75) is 13.5 Å². The summed E-state index contributed by atoms with van der Waals surface area (Å²) >= 11 is 0. The Balaban J connectivity index is 2.06. The average molecular weight is 286 g/mol. The number of ether oxygens (including phenoxy) is 1. The van der Waals surface area contributed by atoms with Crippen molar-refractivity contribution in [2.75, 3.05) is 0 Å². The van der Waals surface area contributed by atoms with Crippen molar-refractivity contribution in [3.8, 4) is 5.75 Å². The summed E-state index contributed by atoms with van der Waals surface area (Å²) in [4.78, 5) is 10.6. The standard InChI is InChI=1S/C17H15FO3/c1-12(16(18)17(19)20)14-7-9-15(10-8-14)21-11-13-5-3-2-4-6-13/h2-10H,11H2,1H3,(H,19,20). The van der Waals surface area contributed by atoms with Crippen LogP contribution in [0.15, 0.2) is 60.4 Å². The highest BCUT2D eigenvalue weighted by Crippen LogP contribution is 2.22. The van der Waals surface area contributed by atoms with E-state index in [-0.39, 0.29) is 5.57 Å². The maximum atomic E-state index is 13.3. The van der Waals surface area contributed by atoms with Gasteiger partial charge in [0, 0.05) is 0 Å². The highest BCUT2D eigenvalue weighted by molar-refractivity contribution is 5.93. The van der Waals surface area contributed by atoms with Crippen LogP contribution in [0, 0.1) is 0 Å². The van der Waals surface area contributed by atoms with Gasteiger partial charge in [-0.2, -0.15) is 4.39 Å². The van der Waals surface area contributed by atoms with Gasteiger partial charge in [0.15, 0.2) is 0 Å². The van der Waals surface area contributed by atoms with E-state index in [1.165, 1.54) is 6.92 Å². The van der Waals surface area contributed by atoms with Gasteiger partial charge in [-0.3, -0.25) is 0 Å². The van der Waals surface area contributed by atoms with Crippen LogP contribution in [-0.4, -0.2) is 11.1 Å². The van der Waals surface area contributed by atoms with E-state index in [4.69, 9.17) is 9.84 Å². The molecule has 1 N–H and O–H groups in total. The number of hydrogen-bond donors (Lipinski definition) is 1. The first-order valence-corrected chi connectivity index (χ1v) is 6.45. The van der Waals surface area contributed by atoms with Crippen molar-refractivity contribution in [3.63, 3.8) is 0 Å². The summed E-state index contributed by atoms with van der Waals surface area (Å²) in [5.41, 5.74) is 1.66. The van der Waals surface area contributed by atoms with Crippen LogP contribution < -0.4 is 4.74 Å². The molecule has 2 aromatic rings. The molecular formula is C17H15FO3. The van der Waals surface area contributed by atoms with Crippen LogP contribution in [0.5, 0.6) is 5.75 Å². The van der Waals surface area contributed by atoms with Crippen molar-refractivity contribution < 1.29 is 19.0 Å². The van der Waals surface area contributed by atoms with Crippen LogP contribution in [-0.2, 0) is 11.4 Å². The van der Waals surface area contributed by atoms with Gasteiger partial charge in [-0.15, -0.1) is 0 Å². The van der Waals surface area contributed by atoms with E-state index in [1.54, 1.807) is 24.3 Å². The Morgan fingerprint density at radius 2 is 1.71 bits per heavy atom. The van der Waals surface area contributed by atoms with Gasteiger partial charge in [-0.25, -0.2) is 4.79 Å². The van der Waals surface area contributed by atoms with Crippen LogP contribution in [0.3, 0.4) is 0 Å². The molecule has 0 saturated carbocycles. The Morgan fingerprint density at radius 1 is 1.10 bits per heavy atom. The third kappa shape index (κ3) is 3.92. The number of carboxylic acids is 1. The normalized spacial score (nSPS) is 11.7. The molecule has 0 spiro atoms. The molecule has 0 saturated heterocycles. The molecular weight excluding hydrogens is 271 g/mol. The molecule has 0 aliphatic rings. The zero-order chi connectivity index (χ0) is 15.2. The quantitative estimate of drug-likeness (QED) is 0.843. The molecule has 0 radical (unpaired) electrons. The first kappa shape index (κ1) is 14.8. The Hall–Kier alpha value is -2.62. The van der Waals surface area contributed by atoms with Crippen molar-refractivity contribution in [1.29, 1.82) is 0 Å². The lowest BCUT2D eigenvalue weighted by atomic mass is 10.1. The van der Waals surface area contributed by atoms with Crippen molar-refractivity contribution in [1.82, 2.24) is 0 Å². The second-order valence-electron chi connectivity index (χ2n) is 4.54. The number of rotatable bonds is 5. The first-order chi connectivity index (χ1) is 10.1. The summed E-state index contributed by atoms with van der Waals surface area (Å²) in [6.45, 7) is 1.88. The van der Waals surface area contributed by atoms with E-state index in [0.29, 0.717) is 17.9 Å². The van der Waals surface area contributed by atoms with E-state index < -0.39 is 11.8 Å². The predicted molar refractivity (Wildman–Crippen MR) is 78.6 cm³/mol. The van der Waals surface area contributed by atoms with Gasteiger partial charge in [0.1, 0.15) is 12.4 Å². The topological polar surface area (TPSA) is 46.5 Å². The molecule has 0 atom stereocenters. The van der Waals surface area contributed by atoms with E-state index in [1.807, 2.05) is 30.3 Å². The number of aliphatic carboxylic acids is 1. The second-order valence-corrected chi connectivity index (χ2v) is 4.54. The fourth-order valence-electron chi connectivity index (χ4n) is 1.83. The number of allylic oxidation sites excluding steroid dienone is 1. The van der Waals surface area contributed by atoms with Gasteiger partial charge >= 0.3 is 5.97 Å². The van der Waals surface area contributed by atoms with Crippen molar-refractivity contribution in [2.24, 2.45) is 0 Å². The molecule has 108 valence electrons. The summed E-state index contributed by atoms with van der Waals surface area (Å²) in [5, 5.41) is 8.62. The number of hydrogen-bond acceptors (Lipinski definition) is 2. The number of carbonyl (C=O) groups is 1. The maximum Gasteiger partial charge on any atom is 0.365 e. The molecule has 2 rings (SSSR count). The lowest BCUT2D eigenvalue weighted by Crippen LogP contribution is -1.98. The summed E-state index contributed by atoms with van der Waals surface area (Å²) < 4.78 is 18.9. The Labute approximate surface area is 122 Å². The Morgan fingerprint density at radius 3 is 2.29 bits per heavy atom. The van der Waals surface area contributed by atoms with Crippen LogP contribution >= 0.6 is 0 Å². The molecule has 0 heterocycles. The summed E-state index contributed by atoms with van der Waals surface area (Å²) in [5.74, 6) is -2.06. The lowest BCUT2D eigenvalue weighted by Gasteiger charge is -2.08. The van der Waals surface area contributed by atoms with E-state index in [0.717, 1.165) is 5.56 Å². The number of benzene rings is 2.